The number of carbonyl (C=O) groups excluding carboxylic acids is 1. The van der Waals surface area contributed by atoms with Gasteiger partial charge in [-0.05, 0) is 49.4 Å². The standard InChI is InChI=1S/C20H16F3N3O2S2/c1-11-24-17-15-10-12(18(27)25-30(2,3)28)4-9-16(15)26(19(17)29-11)14-7-5-13(6-8-14)20(21,22)23/h4-10H,1-3H3. The monoisotopic (exact) mass is 451 g/mol. The Labute approximate surface area is 174 Å². The number of aryl methyl sites for hydroxylation is 1. The van der Waals surface area contributed by atoms with E-state index in [1.165, 1.54) is 36.0 Å². The van der Waals surface area contributed by atoms with Crippen molar-refractivity contribution >= 4 is 48.2 Å². The quantitative estimate of drug-likeness (QED) is 0.408. The minimum absolute atomic E-state index is 0.274. The zero-order valence-corrected chi connectivity index (χ0v) is 17.8. The van der Waals surface area contributed by atoms with Crippen LogP contribution in [0.3, 0.4) is 0 Å². The lowest BCUT2D eigenvalue weighted by atomic mass is 10.1. The molecule has 0 bridgehead atoms. The van der Waals surface area contributed by atoms with Crippen LogP contribution < -0.4 is 0 Å². The summed E-state index contributed by atoms with van der Waals surface area (Å²) in [7, 11) is -2.60. The van der Waals surface area contributed by atoms with Gasteiger partial charge in [0, 0.05) is 38.9 Å². The fraction of sp³-hybridized carbons (Fsp3) is 0.200. The molecule has 4 aromatic rings. The summed E-state index contributed by atoms with van der Waals surface area (Å²) in [4.78, 5) is 17.7. The van der Waals surface area contributed by atoms with E-state index in [1.54, 1.807) is 18.2 Å². The summed E-state index contributed by atoms with van der Waals surface area (Å²) in [5, 5.41) is 1.46. The molecule has 4 rings (SSSR count). The number of halogens is 3. The number of rotatable bonds is 2. The highest BCUT2D eigenvalue weighted by atomic mass is 32.2. The predicted octanol–water partition coefficient (Wildman–Crippen LogP) is 5.44. The first-order valence-corrected chi connectivity index (χ1v) is 11.9. The summed E-state index contributed by atoms with van der Waals surface area (Å²) in [5.41, 5.74) is 1.46. The highest BCUT2D eigenvalue weighted by molar-refractivity contribution is 7.92. The van der Waals surface area contributed by atoms with E-state index in [0.29, 0.717) is 22.1 Å². The van der Waals surface area contributed by atoms with E-state index in [9.17, 15) is 22.2 Å². The molecule has 0 N–H and O–H groups in total. The number of carbonyl (C=O) groups is 1. The Kier molecular flexibility index (Phi) is 4.74. The topological polar surface area (TPSA) is 64.3 Å². The Morgan fingerprint density at radius 1 is 1.13 bits per heavy atom. The summed E-state index contributed by atoms with van der Waals surface area (Å²) in [6, 6.07) is 9.80. The molecule has 1 amide bonds. The molecule has 2 aromatic carbocycles. The van der Waals surface area contributed by atoms with Crippen molar-refractivity contribution in [2.24, 2.45) is 4.36 Å². The maximum absolute atomic E-state index is 12.9. The number of amides is 1. The van der Waals surface area contributed by atoms with Gasteiger partial charge in [-0.1, -0.05) is 0 Å². The zero-order valence-electron chi connectivity index (χ0n) is 16.1. The maximum atomic E-state index is 12.9. The van der Waals surface area contributed by atoms with E-state index in [4.69, 9.17) is 0 Å². The number of hydrogen-bond acceptors (Lipinski definition) is 4. The summed E-state index contributed by atoms with van der Waals surface area (Å²) in [5.74, 6) is -0.589. The van der Waals surface area contributed by atoms with E-state index in [1.807, 2.05) is 11.5 Å². The van der Waals surface area contributed by atoms with Gasteiger partial charge in [0.2, 0.25) is 0 Å². The van der Waals surface area contributed by atoms with Gasteiger partial charge < -0.3 is 0 Å². The molecule has 5 nitrogen and oxygen atoms in total. The van der Waals surface area contributed by atoms with Crippen molar-refractivity contribution in [2.45, 2.75) is 13.1 Å². The molecule has 2 aromatic heterocycles. The van der Waals surface area contributed by atoms with Gasteiger partial charge in [-0.2, -0.15) is 17.5 Å². The Hall–Kier alpha value is -2.72. The molecular formula is C20H16F3N3O2S2. The molecule has 2 heterocycles. The number of aromatic nitrogens is 2. The molecule has 156 valence electrons. The van der Waals surface area contributed by atoms with Crippen LogP contribution in [0.2, 0.25) is 0 Å². The maximum Gasteiger partial charge on any atom is 0.416 e. The van der Waals surface area contributed by atoms with Gasteiger partial charge in [0.15, 0.2) is 0 Å². The predicted molar refractivity (Wildman–Crippen MR) is 113 cm³/mol. The highest BCUT2D eigenvalue weighted by Crippen LogP contribution is 2.37. The van der Waals surface area contributed by atoms with Crippen molar-refractivity contribution in [3.8, 4) is 5.69 Å². The average Bonchev–Trinajstić information content (AvgIpc) is 3.14. The van der Waals surface area contributed by atoms with Crippen molar-refractivity contribution < 1.29 is 22.2 Å². The van der Waals surface area contributed by atoms with Crippen LogP contribution in [-0.2, 0) is 15.9 Å². The minimum Gasteiger partial charge on any atom is -0.299 e. The third-order valence-electron chi connectivity index (χ3n) is 4.41. The SMILES string of the molecule is Cc1nc2c3cc(C(=O)N=S(C)(C)=O)ccc3n(-c3ccc(C(F)(F)F)cc3)c2s1. The van der Waals surface area contributed by atoms with E-state index in [2.05, 4.69) is 9.35 Å². The van der Waals surface area contributed by atoms with Crippen LogP contribution in [0.1, 0.15) is 20.9 Å². The van der Waals surface area contributed by atoms with E-state index in [-0.39, 0.29) is 5.56 Å². The fourth-order valence-electron chi connectivity index (χ4n) is 3.21. The lowest BCUT2D eigenvalue weighted by Crippen LogP contribution is -2.05. The van der Waals surface area contributed by atoms with Crippen molar-refractivity contribution in [1.29, 1.82) is 0 Å². The van der Waals surface area contributed by atoms with Gasteiger partial charge >= 0.3 is 6.18 Å². The molecule has 0 aliphatic rings. The first-order chi connectivity index (χ1) is 13.9. The summed E-state index contributed by atoms with van der Waals surface area (Å²) in [6.07, 6.45) is -1.65. The first-order valence-electron chi connectivity index (χ1n) is 8.75. The molecule has 0 saturated carbocycles. The summed E-state index contributed by atoms with van der Waals surface area (Å²) < 4.78 is 56.2. The third kappa shape index (κ3) is 3.72. The van der Waals surface area contributed by atoms with E-state index >= 15 is 0 Å². The van der Waals surface area contributed by atoms with Gasteiger partial charge in [0.25, 0.3) is 5.91 Å². The van der Waals surface area contributed by atoms with Crippen molar-refractivity contribution in [3.63, 3.8) is 0 Å². The normalized spacial score (nSPS) is 12.6. The molecule has 0 unspecified atom stereocenters. The Balaban J connectivity index is 1.94. The van der Waals surface area contributed by atoms with Gasteiger partial charge in [-0.3, -0.25) is 9.36 Å². The van der Waals surface area contributed by atoms with Crippen LogP contribution in [0, 0.1) is 6.92 Å². The molecule has 30 heavy (non-hydrogen) atoms. The second kappa shape index (κ2) is 6.92. The Morgan fingerprint density at radius 3 is 2.40 bits per heavy atom. The van der Waals surface area contributed by atoms with E-state index < -0.39 is 27.4 Å². The number of thiazole rings is 1. The van der Waals surface area contributed by atoms with Gasteiger partial charge in [0.1, 0.15) is 10.3 Å². The number of alkyl halides is 3. The second-order valence-electron chi connectivity index (χ2n) is 7.08. The lowest BCUT2D eigenvalue weighted by molar-refractivity contribution is -0.137. The molecule has 0 spiro atoms. The van der Waals surface area contributed by atoms with E-state index in [0.717, 1.165) is 22.0 Å². The summed E-state index contributed by atoms with van der Waals surface area (Å²) >= 11 is 1.41. The van der Waals surface area contributed by atoms with Crippen molar-refractivity contribution in [3.05, 3.63) is 58.6 Å². The zero-order chi connectivity index (χ0) is 21.8. The molecule has 0 aliphatic heterocycles. The molecule has 10 heteroatoms. The molecule has 0 fully saturated rings. The lowest BCUT2D eigenvalue weighted by Gasteiger charge is -2.10. The molecule has 0 radical (unpaired) electrons. The number of fused-ring (bicyclic) bond motifs is 3. The Morgan fingerprint density at radius 2 is 1.80 bits per heavy atom. The average molecular weight is 451 g/mol. The highest BCUT2D eigenvalue weighted by Gasteiger charge is 2.30. The van der Waals surface area contributed by atoms with Crippen LogP contribution in [0.15, 0.2) is 46.8 Å². The smallest absolute Gasteiger partial charge is 0.299 e. The third-order valence-corrected chi connectivity index (χ3v) is 5.98. The summed E-state index contributed by atoms with van der Waals surface area (Å²) in [6.45, 7) is 1.83. The van der Waals surface area contributed by atoms with Crippen LogP contribution in [0.4, 0.5) is 13.2 Å². The van der Waals surface area contributed by atoms with Crippen LogP contribution in [0.25, 0.3) is 26.9 Å². The molecule has 0 aliphatic carbocycles. The minimum atomic E-state index is -4.41. The largest absolute Gasteiger partial charge is 0.416 e. The molecule has 0 atom stereocenters. The van der Waals surface area contributed by atoms with Gasteiger partial charge in [-0.15, -0.1) is 11.3 Å². The van der Waals surface area contributed by atoms with Crippen LogP contribution >= 0.6 is 11.3 Å². The second-order valence-corrected chi connectivity index (χ2v) is 10.8. The van der Waals surface area contributed by atoms with Crippen LogP contribution in [0.5, 0.6) is 0 Å². The molecule has 0 saturated heterocycles. The first kappa shape index (κ1) is 20.5. The number of nitrogens with zero attached hydrogens (tertiary/aromatic N) is 3. The van der Waals surface area contributed by atoms with Crippen molar-refractivity contribution in [1.82, 2.24) is 9.55 Å². The molecular weight excluding hydrogens is 435 g/mol. The fourth-order valence-corrected chi connectivity index (χ4v) is 4.68. The Bertz CT molecular complexity index is 1420. The van der Waals surface area contributed by atoms with Crippen molar-refractivity contribution in [2.75, 3.05) is 12.5 Å². The number of hydrogen-bond donors (Lipinski definition) is 0. The number of benzene rings is 2. The van der Waals surface area contributed by atoms with Gasteiger partial charge in [-0.25, -0.2) is 9.19 Å². The van der Waals surface area contributed by atoms with Crippen LogP contribution in [-0.4, -0.2) is 32.2 Å². The van der Waals surface area contributed by atoms with Gasteiger partial charge in [0.05, 0.1) is 16.1 Å².